The molecule has 0 saturated heterocycles. The summed E-state index contributed by atoms with van der Waals surface area (Å²) in [5.74, 6) is 0. The van der Waals surface area contributed by atoms with Crippen molar-refractivity contribution >= 4 is 49.4 Å². The molecule has 0 bridgehead atoms. The molecule has 55 heavy (non-hydrogen) atoms. The van der Waals surface area contributed by atoms with Gasteiger partial charge in [-0.15, -0.1) is 0 Å². The zero-order valence-corrected chi connectivity index (χ0v) is 30.3. The van der Waals surface area contributed by atoms with Crippen molar-refractivity contribution in [3.8, 4) is 44.5 Å². The Morgan fingerprint density at radius 2 is 0.745 bits per heavy atom. The number of para-hydroxylation sites is 2. The maximum Gasteiger partial charge on any atom is 0.0540 e. The van der Waals surface area contributed by atoms with Crippen LogP contribution in [0.1, 0.15) is 0 Å². The van der Waals surface area contributed by atoms with Gasteiger partial charge in [-0.2, -0.15) is 0 Å². The minimum Gasteiger partial charge on any atom is -0.310 e. The van der Waals surface area contributed by atoms with E-state index in [4.69, 9.17) is 0 Å². The van der Waals surface area contributed by atoms with Crippen molar-refractivity contribution in [2.75, 3.05) is 4.90 Å². The molecule has 1 nitrogen and oxygen atoms in total. The van der Waals surface area contributed by atoms with Crippen LogP contribution in [0, 0.1) is 0 Å². The van der Waals surface area contributed by atoms with E-state index >= 15 is 0 Å². The fourth-order valence-electron chi connectivity index (χ4n) is 8.16. The van der Waals surface area contributed by atoms with E-state index in [1.807, 2.05) is 0 Å². The van der Waals surface area contributed by atoms with Crippen LogP contribution in [-0.2, 0) is 0 Å². The summed E-state index contributed by atoms with van der Waals surface area (Å²) in [6, 6.07) is 81.3. The molecule has 0 atom stereocenters. The lowest BCUT2D eigenvalue weighted by atomic mass is 9.90. The van der Waals surface area contributed by atoms with Crippen molar-refractivity contribution < 1.29 is 0 Å². The molecular weight excluding hydrogens is 663 g/mol. The number of hydrogen-bond acceptors (Lipinski definition) is 1. The third kappa shape index (κ3) is 6.02. The normalized spacial score (nSPS) is 11.3. The lowest BCUT2D eigenvalue weighted by Gasteiger charge is -2.28. The molecule has 0 radical (unpaired) electrons. The van der Waals surface area contributed by atoms with Gasteiger partial charge in [-0.05, 0) is 108 Å². The molecule has 10 aromatic carbocycles. The summed E-state index contributed by atoms with van der Waals surface area (Å²) in [6.07, 6.45) is 0. The Kier molecular flexibility index (Phi) is 8.24. The van der Waals surface area contributed by atoms with Crippen molar-refractivity contribution in [1.82, 2.24) is 0 Å². The molecule has 0 fully saturated rings. The Balaban J connectivity index is 1.06. The molecule has 0 heterocycles. The third-order valence-corrected chi connectivity index (χ3v) is 10.9. The highest BCUT2D eigenvalue weighted by Gasteiger charge is 2.18. The molecule has 10 rings (SSSR count). The minimum absolute atomic E-state index is 1.11. The number of benzene rings is 10. The summed E-state index contributed by atoms with van der Waals surface area (Å²) in [5, 5.41) is 7.67. The smallest absolute Gasteiger partial charge is 0.0540 e. The van der Waals surface area contributed by atoms with Gasteiger partial charge in [-0.3, -0.25) is 0 Å². The fraction of sp³-hybridized carbons (Fsp3) is 0. The first-order chi connectivity index (χ1) is 27.3. The largest absolute Gasteiger partial charge is 0.310 e. The second-order valence-corrected chi connectivity index (χ2v) is 14.1. The van der Waals surface area contributed by atoms with E-state index in [1.54, 1.807) is 0 Å². The number of fused-ring (bicyclic) bond motifs is 5. The van der Waals surface area contributed by atoms with Crippen molar-refractivity contribution in [2.24, 2.45) is 0 Å². The van der Waals surface area contributed by atoms with Crippen molar-refractivity contribution in [3.63, 3.8) is 0 Å². The molecule has 10 aromatic rings. The van der Waals surface area contributed by atoms with E-state index < -0.39 is 0 Å². The summed E-state index contributed by atoms with van der Waals surface area (Å²) in [6.45, 7) is 0. The maximum atomic E-state index is 2.39. The summed E-state index contributed by atoms with van der Waals surface area (Å²) >= 11 is 0. The van der Waals surface area contributed by atoms with E-state index in [2.05, 4.69) is 229 Å². The van der Waals surface area contributed by atoms with Gasteiger partial charge in [0.25, 0.3) is 0 Å². The summed E-state index contributed by atoms with van der Waals surface area (Å²) < 4.78 is 0. The SMILES string of the molecule is c1ccc(-c2ccc(-c3cccc(N(c4ccccc4)c4ccccc4-c4ccc(-c5cc6c7ccccc7ccc6c6ccccc56)cc4)c3)cc2)cc1. The molecule has 0 aliphatic carbocycles. The van der Waals surface area contributed by atoms with Crippen LogP contribution in [0.3, 0.4) is 0 Å². The van der Waals surface area contributed by atoms with E-state index in [0.717, 1.165) is 17.1 Å². The Morgan fingerprint density at radius 3 is 1.51 bits per heavy atom. The highest BCUT2D eigenvalue weighted by molar-refractivity contribution is 6.21. The molecule has 0 spiro atoms. The Bertz CT molecular complexity index is 2950. The van der Waals surface area contributed by atoms with Gasteiger partial charge >= 0.3 is 0 Å². The molecule has 0 saturated carbocycles. The van der Waals surface area contributed by atoms with Gasteiger partial charge in [0.15, 0.2) is 0 Å². The second kappa shape index (κ2) is 14.0. The van der Waals surface area contributed by atoms with Crippen LogP contribution < -0.4 is 4.90 Å². The number of nitrogens with zero attached hydrogens (tertiary/aromatic N) is 1. The van der Waals surface area contributed by atoms with E-state index in [1.165, 1.54) is 76.8 Å². The molecule has 0 N–H and O–H groups in total. The lowest BCUT2D eigenvalue weighted by molar-refractivity contribution is 1.28. The maximum absolute atomic E-state index is 2.39. The van der Waals surface area contributed by atoms with Crippen LogP contribution in [0.5, 0.6) is 0 Å². The topological polar surface area (TPSA) is 3.24 Å². The van der Waals surface area contributed by atoms with Crippen molar-refractivity contribution in [3.05, 3.63) is 224 Å². The fourth-order valence-corrected chi connectivity index (χ4v) is 8.16. The van der Waals surface area contributed by atoms with Gasteiger partial charge in [0.2, 0.25) is 0 Å². The highest BCUT2D eigenvalue weighted by atomic mass is 15.1. The molecule has 0 amide bonds. The van der Waals surface area contributed by atoms with Crippen LogP contribution in [-0.4, -0.2) is 0 Å². The molecule has 258 valence electrons. The number of rotatable bonds is 7. The lowest BCUT2D eigenvalue weighted by Crippen LogP contribution is -2.11. The van der Waals surface area contributed by atoms with E-state index in [9.17, 15) is 0 Å². The van der Waals surface area contributed by atoms with Crippen molar-refractivity contribution in [2.45, 2.75) is 0 Å². The summed E-state index contributed by atoms with van der Waals surface area (Å²) in [5.41, 5.74) is 12.9. The van der Waals surface area contributed by atoms with Gasteiger partial charge < -0.3 is 4.90 Å². The zero-order valence-electron chi connectivity index (χ0n) is 30.3. The van der Waals surface area contributed by atoms with Crippen LogP contribution in [0.25, 0.3) is 76.8 Å². The quantitative estimate of drug-likeness (QED) is 0.150. The van der Waals surface area contributed by atoms with Gasteiger partial charge in [0.1, 0.15) is 0 Å². The Labute approximate surface area is 322 Å². The Hall–Kier alpha value is -7.22. The first-order valence-electron chi connectivity index (χ1n) is 18.9. The van der Waals surface area contributed by atoms with Crippen LogP contribution in [0.15, 0.2) is 224 Å². The average molecular weight is 700 g/mol. The van der Waals surface area contributed by atoms with Crippen LogP contribution in [0.4, 0.5) is 17.1 Å². The predicted molar refractivity (Wildman–Crippen MR) is 235 cm³/mol. The molecule has 0 unspecified atom stereocenters. The van der Waals surface area contributed by atoms with Gasteiger partial charge in [-0.25, -0.2) is 0 Å². The first kappa shape index (κ1) is 32.4. The number of anilines is 3. The molecule has 0 aliphatic heterocycles. The summed E-state index contributed by atoms with van der Waals surface area (Å²) in [7, 11) is 0. The van der Waals surface area contributed by atoms with Crippen molar-refractivity contribution in [1.29, 1.82) is 0 Å². The second-order valence-electron chi connectivity index (χ2n) is 14.1. The average Bonchev–Trinajstić information content (AvgIpc) is 3.27. The standard InChI is InChI=1S/C54H37N/c1-3-14-38(15-4-1)39-26-28-40(29-27-39)44-17-13-20-46(36-44)55(45-18-5-2-6-19-45)54-25-12-11-22-48(54)42-30-32-43(33-31-42)52-37-53-47-21-8-7-16-41(47)34-35-51(53)49-23-9-10-24-50(49)52/h1-37H. The monoisotopic (exact) mass is 699 g/mol. The van der Waals surface area contributed by atoms with Crippen LogP contribution in [0.2, 0.25) is 0 Å². The molecule has 1 heteroatoms. The van der Waals surface area contributed by atoms with E-state index in [-0.39, 0.29) is 0 Å². The van der Waals surface area contributed by atoms with E-state index in [0.29, 0.717) is 0 Å². The highest BCUT2D eigenvalue weighted by Crippen LogP contribution is 2.43. The summed E-state index contributed by atoms with van der Waals surface area (Å²) in [4.78, 5) is 2.38. The van der Waals surface area contributed by atoms with Gasteiger partial charge in [0, 0.05) is 16.9 Å². The first-order valence-corrected chi connectivity index (χ1v) is 18.9. The molecule has 0 aliphatic rings. The number of hydrogen-bond donors (Lipinski definition) is 0. The third-order valence-electron chi connectivity index (χ3n) is 10.9. The van der Waals surface area contributed by atoms with Crippen LogP contribution >= 0.6 is 0 Å². The zero-order chi connectivity index (χ0) is 36.6. The Morgan fingerprint density at radius 1 is 0.236 bits per heavy atom. The van der Waals surface area contributed by atoms with Gasteiger partial charge in [-0.1, -0.05) is 188 Å². The van der Waals surface area contributed by atoms with Gasteiger partial charge in [0.05, 0.1) is 5.69 Å². The molecular formula is C54H37N. The predicted octanol–water partition coefficient (Wildman–Crippen LogP) is 15.3. The molecule has 0 aromatic heterocycles. The minimum atomic E-state index is 1.11.